The maximum Gasteiger partial charge on any atom is 0.142 e. The van der Waals surface area contributed by atoms with Gasteiger partial charge in [0.25, 0.3) is 0 Å². The summed E-state index contributed by atoms with van der Waals surface area (Å²) < 4.78 is 41.5. The predicted octanol–water partition coefficient (Wildman–Crippen LogP) is 4.76. The van der Waals surface area contributed by atoms with E-state index in [1.165, 1.54) is 19.1 Å². The van der Waals surface area contributed by atoms with Gasteiger partial charge in [0.15, 0.2) is 0 Å². The zero-order valence-electron chi connectivity index (χ0n) is 11.7. The summed E-state index contributed by atoms with van der Waals surface area (Å²) >= 11 is 5.97. The second kappa shape index (κ2) is 6.50. The Labute approximate surface area is 126 Å². The van der Waals surface area contributed by atoms with Crippen LogP contribution in [0.5, 0.6) is 0 Å². The van der Waals surface area contributed by atoms with Gasteiger partial charge in [-0.3, -0.25) is 0 Å². The lowest BCUT2D eigenvalue weighted by Gasteiger charge is -2.21. The van der Waals surface area contributed by atoms with Crippen molar-refractivity contribution in [2.24, 2.45) is 0 Å². The van der Waals surface area contributed by atoms with Crippen molar-refractivity contribution in [3.8, 4) is 0 Å². The monoisotopic (exact) mass is 313 g/mol. The van der Waals surface area contributed by atoms with Crippen LogP contribution in [0.1, 0.15) is 29.7 Å². The van der Waals surface area contributed by atoms with Crippen LogP contribution < -0.4 is 5.32 Å². The Morgan fingerprint density at radius 2 is 1.76 bits per heavy atom. The van der Waals surface area contributed by atoms with E-state index in [4.69, 9.17) is 11.6 Å². The maximum absolute atomic E-state index is 14.2. The zero-order chi connectivity index (χ0) is 15.6. The summed E-state index contributed by atoms with van der Waals surface area (Å²) in [5.74, 6) is -1.66. The Balaban J connectivity index is 2.59. The fourth-order valence-electron chi connectivity index (χ4n) is 2.22. The highest BCUT2D eigenvalue weighted by Gasteiger charge is 2.22. The molecule has 0 aromatic heterocycles. The molecule has 0 saturated carbocycles. The molecular weight excluding hydrogens is 299 g/mol. The van der Waals surface area contributed by atoms with Crippen molar-refractivity contribution < 1.29 is 13.2 Å². The van der Waals surface area contributed by atoms with E-state index in [0.29, 0.717) is 12.1 Å². The lowest BCUT2D eigenvalue weighted by molar-refractivity contribution is 0.539. The van der Waals surface area contributed by atoms with Gasteiger partial charge in [-0.05, 0) is 42.8 Å². The maximum atomic E-state index is 14.2. The average Bonchev–Trinajstić information content (AvgIpc) is 2.44. The van der Waals surface area contributed by atoms with E-state index >= 15 is 0 Å². The summed E-state index contributed by atoms with van der Waals surface area (Å²) in [7, 11) is 0. The third kappa shape index (κ3) is 3.22. The van der Waals surface area contributed by atoms with Gasteiger partial charge >= 0.3 is 0 Å². The molecule has 0 spiro atoms. The first-order chi connectivity index (χ1) is 9.95. The van der Waals surface area contributed by atoms with Gasteiger partial charge in [-0.15, -0.1) is 0 Å². The number of halogens is 4. The molecule has 1 nitrogen and oxygen atoms in total. The van der Waals surface area contributed by atoms with E-state index in [1.54, 1.807) is 6.07 Å². The quantitative estimate of drug-likeness (QED) is 0.857. The van der Waals surface area contributed by atoms with Crippen molar-refractivity contribution in [2.75, 3.05) is 6.54 Å². The van der Waals surface area contributed by atoms with Gasteiger partial charge in [-0.25, -0.2) is 13.2 Å². The average molecular weight is 314 g/mol. The Morgan fingerprint density at radius 3 is 2.43 bits per heavy atom. The van der Waals surface area contributed by atoms with E-state index in [2.05, 4.69) is 5.32 Å². The zero-order valence-corrected chi connectivity index (χ0v) is 12.4. The first-order valence-corrected chi connectivity index (χ1v) is 6.96. The number of rotatable bonds is 4. The minimum absolute atomic E-state index is 0.0937. The van der Waals surface area contributed by atoms with E-state index in [0.717, 1.165) is 12.1 Å². The number of hydrogen-bond donors (Lipinski definition) is 1. The molecule has 21 heavy (non-hydrogen) atoms. The van der Waals surface area contributed by atoms with Crippen molar-refractivity contribution in [2.45, 2.75) is 19.9 Å². The Bertz CT molecular complexity index is 658. The van der Waals surface area contributed by atoms with Crippen LogP contribution in [-0.2, 0) is 0 Å². The van der Waals surface area contributed by atoms with Crippen LogP contribution in [0.3, 0.4) is 0 Å². The van der Waals surface area contributed by atoms with Crippen LogP contribution in [0.15, 0.2) is 30.3 Å². The van der Waals surface area contributed by atoms with Crippen molar-refractivity contribution >= 4 is 11.6 Å². The van der Waals surface area contributed by atoms with Crippen LogP contribution in [0.25, 0.3) is 0 Å². The molecule has 5 heteroatoms. The van der Waals surface area contributed by atoms with Crippen molar-refractivity contribution in [3.63, 3.8) is 0 Å². The third-order valence-electron chi connectivity index (χ3n) is 3.29. The minimum atomic E-state index is -0.715. The molecule has 0 aliphatic carbocycles. The molecule has 1 unspecified atom stereocenters. The van der Waals surface area contributed by atoms with E-state index in [1.807, 2.05) is 6.92 Å². The van der Waals surface area contributed by atoms with Gasteiger partial charge in [0.1, 0.15) is 17.5 Å². The molecule has 0 aliphatic rings. The molecule has 0 heterocycles. The standard InChI is InChI=1S/C16H15ClF3N/c1-3-21-16(10-5-4-6-12(18)15(10)17)11-8-13(19)9(2)7-14(11)20/h4-8,16,21H,3H2,1-2H3. The van der Waals surface area contributed by atoms with Crippen molar-refractivity contribution in [1.29, 1.82) is 0 Å². The highest BCUT2D eigenvalue weighted by atomic mass is 35.5. The highest BCUT2D eigenvalue weighted by molar-refractivity contribution is 6.31. The third-order valence-corrected chi connectivity index (χ3v) is 3.69. The molecule has 0 aliphatic heterocycles. The van der Waals surface area contributed by atoms with Crippen molar-refractivity contribution in [1.82, 2.24) is 5.32 Å². The highest BCUT2D eigenvalue weighted by Crippen LogP contribution is 2.32. The van der Waals surface area contributed by atoms with E-state index < -0.39 is 23.5 Å². The summed E-state index contributed by atoms with van der Waals surface area (Å²) in [6.45, 7) is 3.80. The van der Waals surface area contributed by atoms with Crippen LogP contribution in [0, 0.1) is 24.4 Å². The second-order valence-corrected chi connectivity index (χ2v) is 5.13. The summed E-state index contributed by atoms with van der Waals surface area (Å²) in [5.41, 5.74) is 0.699. The van der Waals surface area contributed by atoms with Crippen LogP contribution in [-0.4, -0.2) is 6.54 Å². The Morgan fingerprint density at radius 1 is 1.05 bits per heavy atom. The number of aryl methyl sites for hydroxylation is 1. The molecule has 112 valence electrons. The second-order valence-electron chi connectivity index (χ2n) is 4.76. The summed E-state index contributed by atoms with van der Waals surface area (Å²) in [5, 5.41) is 2.92. The number of benzene rings is 2. The molecule has 0 bridgehead atoms. The predicted molar refractivity (Wildman–Crippen MR) is 78.0 cm³/mol. The lowest BCUT2D eigenvalue weighted by atomic mass is 9.96. The minimum Gasteiger partial charge on any atom is -0.306 e. The number of hydrogen-bond acceptors (Lipinski definition) is 1. The molecule has 2 aromatic carbocycles. The topological polar surface area (TPSA) is 12.0 Å². The summed E-state index contributed by atoms with van der Waals surface area (Å²) in [6, 6.07) is 5.84. The first-order valence-electron chi connectivity index (χ1n) is 6.58. The van der Waals surface area contributed by atoms with Crippen LogP contribution in [0.4, 0.5) is 13.2 Å². The molecule has 0 fully saturated rings. The molecule has 0 amide bonds. The molecule has 0 saturated heterocycles. The van der Waals surface area contributed by atoms with Gasteiger partial charge in [0.05, 0.1) is 11.1 Å². The summed E-state index contributed by atoms with van der Waals surface area (Å²) in [6.07, 6.45) is 0. The Kier molecular flexibility index (Phi) is 4.91. The van der Waals surface area contributed by atoms with Gasteiger partial charge < -0.3 is 5.32 Å². The molecule has 1 atom stereocenters. The largest absolute Gasteiger partial charge is 0.306 e. The van der Waals surface area contributed by atoms with Gasteiger partial charge in [0, 0.05) is 5.56 Å². The van der Waals surface area contributed by atoms with E-state index in [-0.39, 0.29) is 16.1 Å². The van der Waals surface area contributed by atoms with Gasteiger partial charge in [-0.2, -0.15) is 0 Å². The van der Waals surface area contributed by atoms with Crippen LogP contribution in [0.2, 0.25) is 5.02 Å². The van der Waals surface area contributed by atoms with Gasteiger partial charge in [-0.1, -0.05) is 30.7 Å². The molecule has 2 rings (SSSR count). The molecule has 1 N–H and O–H groups in total. The lowest BCUT2D eigenvalue weighted by Crippen LogP contribution is -2.24. The SMILES string of the molecule is CCNC(c1cc(F)c(C)cc1F)c1cccc(F)c1Cl. The first kappa shape index (κ1) is 15.9. The van der Waals surface area contributed by atoms with E-state index in [9.17, 15) is 13.2 Å². The fraction of sp³-hybridized carbons (Fsp3) is 0.250. The summed E-state index contributed by atoms with van der Waals surface area (Å²) in [4.78, 5) is 0. The van der Waals surface area contributed by atoms with Crippen molar-refractivity contribution in [3.05, 3.63) is 69.5 Å². The van der Waals surface area contributed by atoms with Crippen LogP contribution >= 0.6 is 11.6 Å². The molecule has 0 radical (unpaired) electrons. The number of nitrogens with one attached hydrogen (secondary N) is 1. The Hall–Kier alpha value is -1.52. The fourth-order valence-corrected chi connectivity index (χ4v) is 2.45. The molecular formula is C16H15ClF3N. The normalized spacial score (nSPS) is 12.5. The smallest absolute Gasteiger partial charge is 0.142 e. The van der Waals surface area contributed by atoms with Gasteiger partial charge in [0.2, 0.25) is 0 Å². The molecule has 2 aromatic rings.